The molecule has 1 fully saturated rings. The van der Waals surface area contributed by atoms with Crippen LogP contribution in [0.1, 0.15) is 40.8 Å². The molecule has 3 heterocycles. The molecule has 26 heavy (non-hydrogen) atoms. The molecule has 5 rings (SSSR count). The topological polar surface area (TPSA) is 90.5 Å². The number of aromatic nitrogens is 1. The zero-order chi connectivity index (χ0) is 17.7. The SMILES string of the molecule is N#Cc1ccc(C2=NCc3cc4c(cc32)N=C(C(=O)NC2CC2)C4)cn1. The second-order valence-corrected chi connectivity index (χ2v) is 6.83. The summed E-state index contributed by atoms with van der Waals surface area (Å²) >= 11 is 0. The van der Waals surface area contributed by atoms with Gasteiger partial charge in [-0.05, 0) is 42.2 Å². The number of aliphatic imine (C=N–C) groups is 2. The van der Waals surface area contributed by atoms with Gasteiger partial charge < -0.3 is 5.32 Å². The van der Waals surface area contributed by atoms with E-state index in [1.165, 1.54) is 0 Å². The molecule has 1 aliphatic carbocycles. The predicted molar refractivity (Wildman–Crippen MR) is 96.7 cm³/mol. The van der Waals surface area contributed by atoms with Crippen molar-refractivity contribution in [3.8, 4) is 6.07 Å². The van der Waals surface area contributed by atoms with Crippen LogP contribution in [0.2, 0.25) is 0 Å². The van der Waals surface area contributed by atoms with Gasteiger partial charge in [0.05, 0.1) is 17.9 Å². The van der Waals surface area contributed by atoms with Crippen LogP contribution in [0.5, 0.6) is 0 Å². The zero-order valence-corrected chi connectivity index (χ0v) is 14.0. The van der Waals surface area contributed by atoms with E-state index in [0.717, 1.165) is 46.5 Å². The van der Waals surface area contributed by atoms with E-state index >= 15 is 0 Å². The molecular formula is C20H15N5O. The van der Waals surface area contributed by atoms with Crippen LogP contribution < -0.4 is 5.32 Å². The number of hydrogen-bond acceptors (Lipinski definition) is 5. The molecule has 0 unspecified atom stereocenters. The first-order chi connectivity index (χ1) is 12.7. The Kier molecular flexibility index (Phi) is 3.22. The summed E-state index contributed by atoms with van der Waals surface area (Å²) in [6, 6.07) is 10.1. The minimum Gasteiger partial charge on any atom is -0.348 e. The third-order valence-corrected chi connectivity index (χ3v) is 4.91. The standard InChI is InChI=1S/C20H15N5O/c21-8-15-2-1-11(9-22-15)19-16-7-17-12(5-13(16)10-23-19)6-18(25-17)20(26)24-14-3-4-14/h1-2,5,7,9,14H,3-4,6,10H2,(H,24,26). The largest absolute Gasteiger partial charge is 0.348 e. The van der Waals surface area contributed by atoms with E-state index < -0.39 is 0 Å². The maximum Gasteiger partial charge on any atom is 0.266 e. The number of hydrogen-bond donors (Lipinski definition) is 1. The van der Waals surface area contributed by atoms with Gasteiger partial charge in [-0.2, -0.15) is 5.26 Å². The van der Waals surface area contributed by atoms with Crippen molar-refractivity contribution in [2.75, 3.05) is 0 Å². The number of pyridine rings is 1. The Morgan fingerprint density at radius 1 is 1.23 bits per heavy atom. The highest BCUT2D eigenvalue weighted by Gasteiger charge is 2.29. The van der Waals surface area contributed by atoms with E-state index in [-0.39, 0.29) is 5.91 Å². The van der Waals surface area contributed by atoms with Crippen LogP contribution in [-0.2, 0) is 17.8 Å². The van der Waals surface area contributed by atoms with Crippen LogP contribution in [-0.4, -0.2) is 28.4 Å². The van der Waals surface area contributed by atoms with E-state index in [4.69, 9.17) is 5.26 Å². The number of rotatable bonds is 3. The highest BCUT2D eigenvalue weighted by atomic mass is 16.2. The van der Waals surface area contributed by atoms with Gasteiger partial charge in [-0.3, -0.25) is 9.79 Å². The molecule has 126 valence electrons. The smallest absolute Gasteiger partial charge is 0.266 e. The number of nitrogens with one attached hydrogen (secondary N) is 1. The molecule has 0 saturated heterocycles. The molecule has 0 bridgehead atoms. The van der Waals surface area contributed by atoms with Crippen molar-refractivity contribution in [3.05, 3.63) is 58.4 Å². The summed E-state index contributed by atoms with van der Waals surface area (Å²) in [6.45, 7) is 0.613. The predicted octanol–water partition coefficient (Wildman–Crippen LogP) is 2.21. The second-order valence-electron chi connectivity index (χ2n) is 6.83. The Hall–Kier alpha value is -3.33. The monoisotopic (exact) mass is 341 g/mol. The Balaban J connectivity index is 1.46. The molecule has 0 spiro atoms. The highest BCUT2D eigenvalue weighted by Crippen LogP contribution is 2.34. The van der Waals surface area contributed by atoms with E-state index in [9.17, 15) is 4.79 Å². The molecule has 1 aromatic carbocycles. The molecule has 3 aliphatic rings. The number of benzene rings is 1. The van der Waals surface area contributed by atoms with Gasteiger partial charge in [-0.1, -0.05) is 6.07 Å². The molecule has 2 aromatic rings. The van der Waals surface area contributed by atoms with Crippen LogP contribution in [0, 0.1) is 11.3 Å². The molecule has 2 aliphatic heterocycles. The average Bonchev–Trinajstić information content (AvgIpc) is 3.23. The van der Waals surface area contributed by atoms with Crippen molar-refractivity contribution in [2.24, 2.45) is 9.98 Å². The summed E-state index contributed by atoms with van der Waals surface area (Å²) in [5.74, 6) is -0.0472. The quantitative estimate of drug-likeness (QED) is 0.928. The number of carbonyl (C=O) groups is 1. The van der Waals surface area contributed by atoms with Crippen molar-refractivity contribution in [2.45, 2.75) is 31.8 Å². The fourth-order valence-electron chi connectivity index (χ4n) is 3.37. The molecule has 6 heteroatoms. The van der Waals surface area contributed by atoms with Crippen molar-refractivity contribution >= 4 is 23.0 Å². The molecule has 6 nitrogen and oxygen atoms in total. The van der Waals surface area contributed by atoms with Gasteiger partial charge in [0.2, 0.25) is 0 Å². The van der Waals surface area contributed by atoms with Gasteiger partial charge in [0.25, 0.3) is 5.91 Å². The fraction of sp³-hybridized carbons (Fsp3) is 0.250. The first-order valence-electron chi connectivity index (χ1n) is 8.67. The number of amides is 1. The van der Waals surface area contributed by atoms with Crippen LogP contribution >= 0.6 is 0 Å². The lowest BCUT2D eigenvalue weighted by molar-refractivity contribution is -0.115. The number of nitriles is 1. The van der Waals surface area contributed by atoms with Crippen LogP contribution in [0.3, 0.4) is 0 Å². The van der Waals surface area contributed by atoms with Crippen molar-refractivity contribution in [1.29, 1.82) is 5.26 Å². The van der Waals surface area contributed by atoms with E-state index in [1.54, 1.807) is 12.3 Å². The fourth-order valence-corrected chi connectivity index (χ4v) is 3.37. The van der Waals surface area contributed by atoms with Crippen LogP contribution in [0.25, 0.3) is 0 Å². The van der Waals surface area contributed by atoms with E-state index in [2.05, 4.69) is 26.4 Å². The summed E-state index contributed by atoms with van der Waals surface area (Å²) in [6.07, 6.45) is 4.39. The molecule has 0 atom stereocenters. The first kappa shape index (κ1) is 15.0. The lowest BCUT2D eigenvalue weighted by Crippen LogP contribution is -2.32. The second kappa shape index (κ2) is 5.60. The van der Waals surface area contributed by atoms with Gasteiger partial charge in [0.1, 0.15) is 17.5 Å². The summed E-state index contributed by atoms with van der Waals surface area (Å²) in [7, 11) is 0. The normalized spacial score (nSPS) is 17.0. The van der Waals surface area contributed by atoms with Crippen molar-refractivity contribution in [3.63, 3.8) is 0 Å². The molecular weight excluding hydrogens is 326 g/mol. The molecule has 0 radical (unpaired) electrons. The lowest BCUT2D eigenvalue weighted by atomic mass is 9.97. The summed E-state index contributed by atoms with van der Waals surface area (Å²) in [4.78, 5) is 25.6. The van der Waals surface area contributed by atoms with E-state index in [1.807, 2.05) is 18.2 Å². The summed E-state index contributed by atoms with van der Waals surface area (Å²) in [5.41, 5.74) is 6.83. The van der Waals surface area contributed by atoms with Gasteiger partial charge >= 0.3 is 0 Å². The minimum absolute atomic E-state index is 0.0472. The Morgan fingerprint density at radius 2 is 2.12 bits per heavy atom. The first-order valence-corrected chi connectivity index (χ1v) is 8.67. The van der Waals surface area contributed by atoms with Crippen molar-refractivity contribution < 1.29 is 4.79 Å². The number of carbonyl (C=O) groups excluding carboxylic acids is 1. The summed E-state index contributed by atoms with van der Waals surface area (Å²) in [5, 5.41) is 11.9. The number of fused-ring (bicyclic) bond motifs is 2. The van der Waals surface area contributed by atoms with Crippen LogP contribution in [0.4, 0.5) is 5.69 Å². The zero-order valence-electron chi connectivity index (χ0n) is 14.0. The Bertz CT molecular complexity index is 1040. The maximum absolute atomic E-state index is 12.3. The molecule has 1 aromatic heterocycles. The average molecular weight is 341 g/mol. The molecule has 1 N–H and O–H groups in total. The van der Waals surface area contributed by atoms with Crippen molar-refractivity contribution in [1.82, 2.24) is 10.3 Å². The summed E-state index contributed by atoms with van der Waals surface area (Å²) < 4.78 is 0. The molecule has 1 amide bonds. The Morgan fingerprint density at radius 3 is 2.85 bits per heavy atom. The number of nitrogens with zero attached hydrogens (tertiary/aromatic N) is 4. The van der Waals surface area contributed by atoms with E-state index in [0.29, 0.717) is 30.4 Å². The Labute approximate surface area is 150 Å². The molecule has 1 saturated carbocycles. The third kappa shape index (κ3) is 2.49. The minimum atomic E-state index is -0.0472. The third-order valence-electron chi connectivity index (χ3n) is 4.91. The highest BCUT2D eigenvalue weighted by molar-refractivity contribution is 6.41. The van der Waals surface area contributed by atoms with Gasteiger partial charge in [-0.25, -0.2) is 9.98 Å². The lowest BCUT2D eigenvalue weighted by Gasteiger charge is -2.06. The van der Waals surface area contributed by atoms with Crippen LogP contribution in [0.15, 0.2) is 40.4 Å². The van der Waals surface area contributed by atoms with Gasteiger partial charge in [0, 0.05) is 29.8 Å². The van der Waals surface area contributed by atoms with Gasteiger partial charge in [0.15, 0.2) is 0 Å². The van der Waals surface area contributed by atoms with Gasteiger partial charge in [-0.15, -0.1) is 0 Å². The maximum atomic E-state index is 12.3.